The Kier molecular flexibility index (Phi) is 7.54. The molecule has 35 heavy (non-hydrogen) atoms. The fourth-order valence-corrected chi connectivity index (χ4v) is 4.43. The highest BCUT2D eigenvalue weighted by atomic mass is 19.4. The zero-order valence-electron chi connectivity index (χ0n) is 19.9. The molecule has 1 saturated heterocycles. The van der Waals surface area contributed by atoms with Crippen LogP contribution < -0.4 is 19.8 Å². The van der Waals surface area contributed by atoms with Crippen LogP contribution >= 0.6 is 0 Å². The molecule has 0 N–H and O–H groups in total. The Bertz CT molecular complexity index is 1220. The number of ether oxygens (including phenoxy) is 2. The van der Waals surface area contributed by atoms with Crippen LogP contribution in [-0.4, -0.2) is 51.8 Å². The van der Waals surface area contributed by atoms with Crippen LogP contribution in [0, 0.1) is 0 Å². The minimum Gasteiger partial charge on any atom is -0.493 e. The van der Waals surface area contributed by atoms with Crippen LogP contribution in [0.4, 0.5) is 18.9 Å². The average Bonchev–Trinajstić information content (AvgIpc) is 2.87. The van der Waals surface area contributed by atoms with Crippen LogP contribution in [0.2, 0.25) is 0 Å². The Morgan fingerprint density at radius 3 is 2.37 bits per heavy atom. The molecule has 0 saturated carbocycles. The van der Waals surface area contributed by atoms with Gasteiger partial charge in [-0.15, -0.1) is 0 Å². The second kappa shape index (κ2) is 10.6. The van der Waals surface area contributed by atoms with E-state index in [1.54, 1.807) is 18.2 Å². The molecule has 0 unspecified atom stereocenters. The first-order valence-corrected chi connectivity index (χ1v) is 11.6. The zero-order valence-corrected chi connectivity index (χ0v) is 19.9. The van der Waals surface area contributed by atoms with Crippen molar-refractivity contribution in [2.24, 2.45) is 0 Å². The van der Waals surface area contributed by atoms with Gasteiger partial charge in [-0.05, 0) is 50.1 Å². The monoisotopic (exact) mass is 490 g/mol. The quantitative estimate of drug-likeness (QED) is 0.416. The third kappa shape index (κ3) is 5.73. The largest absolute Gasteiger partial charge is 0.493 e. The number of alkyl halides is 3. The molecule has 0 spiro atoms. The van der Waals surface area contributed by atoms with E-state index in [1.807, 2.05) is 4.90 Å². The van der Waals surface area contributed by atoms with Crippen molar-refractivity contribution in [2.75, 3.05) is 51.8 Å². The lowest BCUT2D eigenvalue weighted by atomic mass is 10.1. The predicted molar refractivity (Wildman–Crippen MR) is 129 cm³/mol. The smallest absolute Gasteiger partial charge is 0.416 e. The number of nitrogens with zero attached hydrogens (tertiary/aromatic N) is 2. The van der Waals surface area contributed by atoms with Crippen molar-refractivity contribution >= 4 is 16.7 Å². The fraction of sp³-hybridized carbons (Fsp3) is 0.423. The molecule has 0 aliphatic carbocycles. The van der Waals surface area contributed by atoms with Crippen LogP contribution in [0.3, 0.4) is 0 Å². The molecule has 0 amide bonds. The van der Waals surface area contributed by atoms with Gasteiger partial charge < -0.3 is 18.8 Å². The molecule has 1 fully saturated rings. The highest BCUT2D eigenvalue weighted by molar-refractivity contribution is 5.81. The molecule has 188 valence electrons. The number of rotatable bonds is 8. The standard InChI is InChI=1S/C26H29F3N2O4/c1-33-23-15-21-22(16-24(23)34-2)35-17-18(25(21)32)6-3-4-9-30-10-12-31(13-11-30)20-8-5-7-19(14-20)26(27,28)29/h5,7-8,14-17H,3-4,6,9-13H2,1-2H3. The maximum absolute atomic E-state index is 13.0. The van der Waals surface area contributed by atoms with Crippen LogP contribution in [0.1, 0.15) is 24.0 Å². The molecule has 1 aliphatic rings. The number of fused-ring (bicyclic) bond motifs is 1. The van der Waals surface area contributed by atoms with Crippen LogP contribution in [0.5, 0.6) is 11.5 Å². The van der Waals surface area contributed by atoms with Crippen molar-refractivity contribution in [1.82, 2.24) is 4.90 Å². The normalized spacial score (nSPS) is 14.9. The van der Waals surface area contributed by atoms with Crippen molar-refractivity contribution in [3.05, 3.63) is 64.0 Å². The summed E-state index contributed by atoms with van der Waals surface area (Å²) in [5, 5.41) is 0.464. The Balaban J connectivity index is 1.28. The number of piperazine rings is 1. The van der Waals surface area contributed by atoms with Crippen molar-refractivity contribution in [2.45, 2.75) is 25.4 Å². The van der Waals surface area contributed by atoms with Gasteiger partial charge in [-0.2, -0.15) is 13.2 Å². The van der Waals surface area contributed by atoms with E-state index >= 15 is 0 Å². The first kappa shape index (κ1) is 24.9. The molecule has 1 aliphatic heterocycles. The number of anilines is 1. The van der Waals surface area contributed by atoms with E-state index in [4.69, 9.17) is 13.9 Å². The minimum absolute atomic E-state index is 0.0677. The first-order chi connectivity index (χ1) is 16.8. The second-order valence-corrected chi connectivity index (χ2v) is 8.63. The van der Waals surface area contributed by atoms with Crippen LogP contribution in [-0.2, 0) is 12.6 Å². The number of benzene rings is 2. The Hall–Kier alpha value is -3.20. The number of halogens is 3. The van der Waals surface area contributed by atoms with E-state index in [9.17, 15) is 18.0 Å². The lowest BCUT2D eigenvalue weighted by Gasteiger charge is -2.36. The second-order valence-electron chi connectivity index (χ2n) is 8.63. The summed E-state index contributed by atoms with van der Waals surface area (Å²) in [7, 11) is 3.05. The molecular formula is C26H29F3N2O4. The van der Waals surface area contributed by atoms with E-state index in [0.717, 1.165) is 38.5 Å². The summed E-state index contributed by atoms with van der Waals surface area (Å²) >= 11 is 0. The lowest BCUT2D eigenvalue weighted by Crippen LogP contribution is -2.46. The number of unbranched alkanes of at least 4 members (excludes halogenated alkanes) is 1. The summed E-state index contributed by atoms with van der Waals surface area (Å²) in [6, 6.07) is 8.80. The summed E-state index contributed by atoms with van der Waals surface area (Å²) in [5.41, 5.74) is 1.00. The molecule has 2 heterocycles. The van der Waals surface area contributed by atoms with Gasteiger partial charge >= 0.3 is 6.18 Å². The van der Waals surface area contributed by atoms with E-state index in [0.29, 0.717) is 53.2 Å². The highest BCUT2D eigenvalue weighted by Gasteiger charge is 2.31. The summed E-state index contributed by atoms with van der Waals surface area (Å²) in [6.07, 6.45) is -0.468. The lowest BCUT2D eigenvalue weighted by molar-refractivity contribution is -0.137. The van der Waals surface area contributed by atoms with Crippen LogP contribution in [0.25, 0.3) is 11.0 Å². The number of methoxy groups -OCH3 is 2. The Morgan fingerprint density at radius 1 is 0.971 bits per heavy atom. The summed E-state index contributed by atoms with van der Waals surface area (Å²) in [5.74, 6) is 0.984. The van der Waals surface area contributed by atoms with E-state index in [-0.39, 0.29) is 5.43 Å². The van der Waals surface area contributed by atoms with Gasteiger partial charge in [0, 0.05) is 43.5 Å². The van der Waals surface area contributed by atoms with Crippen molar-refractivity contribution in [3.8, 4) is 11.5 Å². The molecule has 0 atom stereocenters. The maximum Gasteiger partial charge on any atom is 0.416 e. The van der Waals surface area contributed by atoms with E-state index in [1.165, 1.54) is 32.6 Å². The molecule has 3 aromatic rings. The summed E-state index contributed by atoms with van der Waals surface area (Å²) < 4.78 is 55.2. The van der Waals surface area contributed by atoms with Gasteiger partial charge in [0.15, 0.2) is 16.9 Å². The van der Waals surface area contributed by atoms with Crippen molar-refractivity contribution in [1.29, 1.82) is 0 Å². The molecule has 0 bridgehead atoms. The molecule has 4 rings (SSSR count). The molecule has 6 nitrogen and oxygen atoms in total. The minimum atomic E-state index is -4.33. The van der Waals surface area contributed by atoms with Crippen LogP contribution in [0.15, 0.2) is 51.9 Å². The van der Waals surface area contributed by atoms with Gasteiger partial charge in [0.25, 0.3) is 0 Å². The Labute approximate surface area is 201 Å². The molecule has 0 radical (unpaired) electrons. The topological polar surface area (TPSA) is 55.2 Å². The number of hydrogen-bond donors (Lipinski definition) is 0. The van der Waals surface area contributed by atoms with E-state index in [2.05, 4.69) is 4.90 Å². The highest BCUT2D eigenvalue weighted by Crippen LogP contribution is 2.32. The van der Waals surface area contributed by atoms with Gasteiger partial charge in [0.05, 0.1) is 31.4 Å². The summed E-state index contributed by atoms with van der Waals surface area (Å²) in [6.45, 7) is 3.81. The van der Waals surface area contributed by atoms with Gasteiger partial charge in [0.2, 0.25) is 0 Å². The van der Waals surface area contributed by atoms with Crippen molar-refractivity contribution < 1.29 is 27.1 Å². The fourth-order valence-electron chi connectivity index (χ4n) is 4.43. The SMILES string of the molecule is COc1cc2occ(CCCCN3CCN(c4cccc(C(F)(F)F)c4)CC3)c(=O)c2cc1OC. The van der Waals surface area contributed by atoms with Gasteiger partial charge in [-0.1, -0.05) is 6.07 Å². The van der Waals surface area contributed by atoms with Crippen molar-refractivity contribution in [3.63, 3.8) is 0 Å². The molecular weight excluding hydrogens is 461 g/mol. The maximum atomic E-state index is 13.0. The third-order valence-corrected chi connectivity index (χ3v) is 6.43. The third-order valence-electron chi connectivity index (χ3n) is 6.43. The van der Waals surface area contributed by atoms with Gasteiger partial charge in [-0.3, -0.25) is 9.69 Å². The van der Waals surface area contributed by atoms with E-state index < -0.39 is 11.7 Å². The number of hydrogen-bond acceptors (Lipinski definition) is 6. The van der Waals surface area contributed by atoms with Gasteiger partial charge in [0.1, 0.15) is 5.58 Å². The molecule has 1 aromatic heterocycles. The molecule has 2 aromatic carbocycles. The predicted octanol–water partition coefficient (Wildman–Crippen LogP) is 4.97. The molecule has 9 heteroatoms. The van der Waals surface area contributed by atoms with Gasteiger partial charge in [-0.25, -0.2) is 0 Å². The zero-order chi connectivity index (χ0) is 25.0. The average molecular weight is 491 g/mol. The Morgan fingerprint density at radius 2 is 1.69 bits per heavy atom. The first-order valence-electron chi connectivity index (χ1n) is 11.6. The number of aryl methyl sites for hydroxylation is 1. The summed E-state index contributed by atoms with van der Waals surface area (Å²) in [4.78, 5) is 17.2.